The van der Waals surface area contributed by atoms with E-state index in [4.69, 9.17) is 0 Å². The van der Waals surface area contributed by atoms with Crippen molar-refractivity contribution in [2.75, 3.05) is 22.5 Å². The van der Waals surface area contributed by atoms with E-state index >= 15 is 0 Å². The number of aromatic nitrogens is 1. The lowest BCUT2D eigenvalue weighted by Crippen LogP contribution is -2.31. The summed E-state index contributed by atoms with van der Waals surface area (Å²) in [5, 5.41) is 5.60. The topological polar surface area (TPSA) is 62.3 Å². The van der Waals surface area contributed by atoms with Crippen molar-refractivity contribution in [3.8, 4) is 0 Å². The first-order valence-corrected chi connectivity index (χ1v) is 10.4. The zero-order valence-electron chi connectivity index (χ0n) is 14.4. The fourth-order valence-electron chi connectivity index (χ4n) is 2.87. The maximum atomic E-state index is 13.0. The van der Waals surface area contributed by atoms with Gasteiger partial charge >= 0.3 is 0 Å². The van der Waals surface area contributed by atoms with Gasteiger partial charge in [-0.3, -0.25) is 9.59 Å². The molecule has 1 aliphatic rings. The van der Waals surface area contributed by atoms with E-state index in [2.05, 4.69) is 10.3 Å². The Bertz CT molecular complexity index is 956. The second-order valence-electron chi connectivity index (χ2n) is 6.00. The van der Waals surface area contributed by atoms with Gasteiger partial charge in [-0.05, 0) is 54.3 Å². The molecule has 27 heavy (non-hydrogen) atoms. The van der Waals surface area contributed by atoms with E-state index in [1.165, 1.54) is 11.3 Å². The van der Waals surface area contributed by atoms with E-state index in [1.807, 2.05) is 23.6 Å². The highest BCUT2D eigenvalue weighted by Gasteiger charge is 2.23. The number of thiophene rings is 1. The summed E-state index contributed by atoms with van der Waals surface area (Å²) in [5.41, 5.74) is 2.12. The molecule has 1 aliphatic heterocycles. The van der Waals surface area contributed by atoms with Gasteiger partial charge in [0.1, 0.15) is 5.03 Å². The third kappa shape index (κ3) is 3.89. The number of anilines is 2. The summed E-state index contributed by atoms with van der Waals surface area (Å²) < 4.78 is 0. The number of rotatable bonds is 3. The molecule has 4 rings (SSSR count). The molecule has 0 fully saturated rings. The Morgan fingerprint density at radius 3 is 2.70 bits per heavy atom. The van der Waals surface area contributed by atoms with Crippen LogP contribution in [-0.4, -0.2) is 29.1 Å². The summed E-state index contributed by atoms with van der Waals surface area (Å²) >= 11 is 3.07. The highest BCUT2D eigenvalue weighted by Crippen LogP contribution is 2.32. The third-order valence-corrected chi connectivity index (χ3v) is 6.14. The molecule has 0 bridgehead atoms. The molecular formula is C20H17N3O2S2. The highest BCUT2D eigenvalue weighted by atomic mass is 32.2. The molecule has 1 aromatic carbocycles. The molecule has 136 valence electrons. The van der Waals surface area contributed by atoms with Crippen LogP contribution in [0, 0.1) is 0 Å². The number of nitrogens with zero attached hydrogens (tertiary/aromatic N) is 2. The molecule has 2 aromatic heterocycles. The Balaban J connectivity index is 1.52. The minimum atomic E-state index is -0.145. The van der Waals surface area contributed by atoms with Gasteiger partial charge in [0.25, 0.3) is 11.8 Å². The Hall–Kier alpha value is -2.64. The van der Waals surface area contributed by atoms with Crippen molar-refractivity contribution in [2.45, 2.75) is 11.4 Å². The van der Waals surface area contributed by atoms with Crippen molar-refractivity contribution in [2.24, 2.45) is 0 Å². The Labute approximate surface area is 165 Å². The van der Waals surface area contributed by atoms with Gasteiger partial charge < -0.3 is 10.2 Å². The number of carbonyl (C=O) groups excluding carboxylic acids is 2. The number of fused-ring (bicyclic) bond motifs is 1. The van der Waals surface area contributed by atoms with Crippen LogP contribution in [0.1, 0.15) is 26.5 Å². The fourth-order valence-corrected chi connectivity index (χ4v) is 4.42. The molecule has 2 amide bonds. The van der Waals surface area contributed by atoms with Gasteiger partial charge in [-0.15, -0.1) is 23.1 Å². The molecule has 0 spiro atoms. The lowest BCUT2D eigenvalue weighted by molar-refractivity contribution is 0.0985. The van der Waals surface area contributed by atoms with Crippen LogP contribution in [0.5, 0.6) is 0 Å². The summed E-state index contributed by atoms with van der Waals surface area (Å²) in [6.45, 7) is 0.668. The molecular weight excluding hydrogens is 378 g/mol. The Morgan fingerprint density at radius 1 is 1.07 bits per heavy atom. The van der Waals surface area contributed by atoms with E-state index in [9.17, 15) is 9.59 Å². The number of hydrogen-bond acceptors (Lipinski definition) is 5. The predicted octanol–water partition coefficient (Wildman–Crippen LogP) is 4.54. The number of thioether (sulfide) groups is 1. The number of nitrogens with one attached hydrogen (secondary N) is 1. The zero-order valence-corrected chi connectivity index (χ0v) is 16.1. The van der Waals surface area contributed by atoms with Crippen LogP contribution in [0.3, 0.4) is 0 Å². The summed E-state index contributed by atoms with van der Waals surface area (Å²) in [4.78, 5) is 32.0. The first-order valence-electron chi connectivity index (χ1n) is 8.57. The average Bonchev–Trinajstić information content (AvgIpc) is 3.15. The van der Waals surface area contributed by atoms with Crippen LogP contribution in [0.15, 0.2) is 65.1 Å². The standard InChI is InChI=1S/C20H17N3O2S2/c24-18(17-5-2-12-26-17)22-15-8-6-14(7-9-15)20(25)23-11-3-13-27-19-16(23)4-1-10-21-19/h1-2,4-10,12H,3,11,13H2,(H,22,24). The minimum Gasteiger partial charge on any atom is -0.321 e. The molecule has 7 heteroatoms. The summed E-state index contributed by atoms with van der Waals surface area (Å²) in [6, 6.07) is 14.4. The fraction of sp³-hybridized carbons (Fsp3) is 0.150. The summed E-state index contributed by atoms with van der Waals surface area (Å²) in [7, 11) is 0. The van der Waals surface area contributed by atoms with E-state index in [0.29, 0.717) is 22.7 Å². The molecule has 3 heterocycles. The van der Waals surface area contributed by atoms with Crippen LogP contribution in [0.4, 0.5) is 11.4 Å². The van der Waals surface area contributed by atoms with Crippen LogP contribution in [0.25, 0.3) is 0 Å². The SMILES string of the molecule is O=C(Nc1ccc(C(=O)N2CCCSc3ncccc32)cc1)c1cccs1. The molecule has 5 nitrogen and oxygen atoms in total. The lowest BCUT2D eigenvalue weighted by atomic mass is 10.1. The second-order valence-corrected chi connectivity index (χ2v) is 8.03. The molecule has 1 N–H and O–H groups in total. The Kier molecular flexibility index (Phi) is 5.22. The third-order valence-electron chi connectivity index (χ3n) is 4.19. The van der Waals surface area contributed by atoms with Crippen LogP contribution in [0.2, 0.25) is 0 Å². The number of carbonyl (C=O) groups is 2. The zero-order chi connectivity index (χ0) is 18.6. The van der Waals surface area contributed by atoms with Crippen molar-refractivity contribution in [1.29, 1.82) is 0 Å². The first-order chi connectivity index (χ1) is 13.2. The van der Waals surface area contributed by atoms with Crippen molar-refractivity contribution in [3.63, 3.8) is 0 Å². The van der Waals surface area contributed by atoms with Crippen molar-refractivity contribution in [3.05, 3.63) is 70.5 Å². The second kappa shape index (κ2) is 7.94. The van der Waals surface area contributed by atoms with Crippen LogP contribution < -0.4 is 10.2 Å². The molecule has 0 saturated heterocycles. The Morgan fingerprint density at radius 2 is 1.93 bits per heavy atom. The van der Waals surface area contributed by atoms with Gasteiger partial charge in [0.2, 0.25) is 0 Å². The van der Waals surface area contributed by atoms with Gasteiger partial charge in [0, 0.05) is 29.7 Å². The van der Waals surface area contributed by atoms with Crippen molar-refractivity contribution < 1.29 is 9.59 Å². The number of pyridine rings is 1. The molecule has 0 saturated carbocycles. The van der Waals surface area contributed by atoms with Gasteiger partial charge in [0.15, 0.2) is 0 Å². The molecule has 0 aliphatic carbocycles. The predicted molar refractivity (Wildman–Crippen MR) is 110 cm³/mol. The summed E-state index contributed by atoms with van der Waals surface area (Å²) in [5.74, 6) is 0.748. The number of hydrogen-bond donors (Lipinski definition) is 1. The normalized spacial score (nSPS) is 13.6. The number of amides is 2. The molecule has 0 atom stereocenters. The molecule has 3 aromatic rings. The maximum absolute atomic E-state index is 13.0. The maximum Gasteiger partial charge on any atom is 0.265 e. The first kappa shape index (κ1) is 17.8. The molecule has 0 unspecified atom stereocenters. The van der Waals surface area contributed by atoms with Crippen LogP contribution in [-0.2, 0) is 0 Å². The minimum absolute atomic E-state index is 0.0529. The van der Waals surface area contributed by atoms with Crippen molar-refractivity contribution in [1.82, 2.24) is 4.98 Å². The van der Waals surface area contributed by atoms with E-state index < -0.39 is 0 Å². The van der Waals surface area contributed by atoms with Gasteiger partial charge in [0.05, 0.1) is 10.6 Å². The highest BCUT2D eigenvalue weighted by molar-refractivity contribution is 7.99. The van der Waals surface area contributed by atoms with Gasteiger partial charge in [-0.25, -0.2) is 4.98 Å². The van der Waals surface area contributed by atoms with Gasteiger partial charge in [-0.1, -0.05) is 6.07 Å². The molecule has 0 radical (unpaired) electrons. The number of benzene rings is 1. The van der Waals surface area contributed by atoms with Crippen molar-refractivity contribution >= 4 is 46.3 Å². The quantitative estimate of drug-likeness (QED) is 0.707. The van der Waals surface area contributed by atoms with Crippen LogP contribution >= 0.6 is 23.1 Å². The van der Waals surface area contributed by atoms with E-state index in [0.717, 1.165) is 22.9 Å². The smallest absolute Gasteiger partial charge is 0.265 e. The average molecular weight is 396 g/mol. The summed E-state index contributed by atoms with van der Waals surface area (Å²) in [6.07, 6.45) is 2.67. The largest absolute Gasteiger partial charge is 0.321 e. The lowest BCUT2D eigenvalue weighted by Gasteiger charge is -2.22. The monoisotopic (exact) mass is 395 g/mol. The van der Waals surface area contributed by atoms with E-state index in [-0.39, 0.29) is 11.8 Å². The van der Waals surface area contributed by atoms with Gasteiger partial charge in [-0.2, -0.15) is 0 Å². The van der Waals surface area contributed by atoms with E-state index in [1.54, 1.807) is 53.2 Å².